The average Bonchev–Trinajstić information content (AvgIpc) is 2.60. The second-order valence-corrected chi connectivity index (χ2v) is 4.66. The van der Waals surface area contributed by atoms with Gasteiger partial charge in [0.1, 0.15) is 6.07 Å². The number of anilines is 1. The molecule has 1 aliphatic rings. The van der Waals surface area contributed by atoms with Crippen molar-refractivity contribution < 1.29 is 9.72 Å². The van der Waals surface area contributed by atoms with Crippen LogP contribution in [0.15, 0.2) is 18.2 Å². The van der Waals surface area contributed by atoms with E-state index in [4.69, 9.17) is 5.26 Å². The molecule has 0 bridgehead atoms. The molecule has 0 saturated carbocycles. The lowest BCUT2D eigenvalue weighted by atomic mass is 10.1. The Morgan fingerprint density at radius 2 is 2.15 bits per heavy atom. The summed E-state index contributed by atoms with van der Waals surface area (Å²) in [5.41, 5.74) is 0.668. The molecule has 20 heavy (non-hydrogen) atoms. The Balaban J connectivity index is 2.35. The van der Waals surface area contributed by atoms with Crippen molar-refractivity contribution in [2.45, 2.75) is 6.42 Å². The highest BCUT2D eigenvalue weighted by molar-refractivity contribution is 5.82. The molecule has 1 aliphatic heterocycles. The second-order valence-electron chi connectivity index (χ2n) is 4.66. The molecule has 1 amide bonds. The largest absolute Gasteiger partial charge is 0.361 e. The fourth-order valence-electron chi connectivity index (χ4n) is 2.20. The summed E-state index contributed by atoms with van der Waals surface area (Å²) >= 11 is 0. The van der Waals surface area contributed by atoms with Gasteiger partial charge in [-0.15, -0.1) is 0 Å². The summed E-state index contributed by atoms with van der Waals surface area (Å²) in [5.74, 6) is -0.0234. The molecule has 2 rings (SSSR count). The zero-order valence-corrected chi connectivity index (χ0v) is 11.1. The first-order valence-electron chi connectivity index (χ1n) is 6.20. The van der Waals surface area contributed by atoms with Crippen molar-refractivity contribution in [2.75, 3.05) is 31.6 Å². The van der Waals surface area contributed by atoms with Crippen molar-refractivity contribution in [3.63, 3.8) is 0 Å². The highest BCUT2D eigenvalue weighted by Crippen LogP contribution is 2.25. The topological polar surface area (TPSA) is 90.5 Å². The molecule has 1 aromatic rings. The standard InChI is InChI=1S/C13H14N4O3/c1-15-5-2-6-16(9-13(15)18)12-4-3-11(17(19)20)7-10(12)8-14/h3-4,7H,2,5-6,9H2,1H3. The van der Waals surface area contributed by atoms with Gasteiger partial charge in [-0.3, -0.25) is 14.9 Å². The van der Waals surface area contributed by atoms with E-state index in [9.17, 15) is 14.9 Å². The van der Waals surface area contributed by atoms with E-state index in [0.717, 1.165) is 6.42 Å². The SMILES string of the molecule is CN1CCCN(c2ccc([N+](=O)[O-])cc2C#N)CC1=O. The number of carbonyl (C=O) groups is 1. The first-order chi connectivity index (χ1) is 9.52. The minimum absolute atomic E-state index is 0.0234. The zero-order valence-electron chi connectivity index (χ0n) is 11.1. The summed E-state index contributed by atoms with van der Waals surface area (Å²) in [5, 5.41) is 19.9. The molecule has 1 saturated heterocycles. The third kappa shape index (κ3) is 2.69. The van der Waals surface area contributed by atoms with Crippen LogP contribution in [0, 0.1) is 21.4 Å². The molecule has 7 nitrogen and oxygen atoms in total. The number of nitro groups is 1. The molecule has 0 atom stereocenters. The smallest absolute Gasteiger partial charge is 0.270 e. The van der Waals surface area contributed by atoms with E-state index in [1.54, 1.807) is 16.8 Å². The Kier molecular flexibility index (Phi) is 3.84. The summed E-state index contributed by atoms with van der Waals surface area (Å²) in [6, 6.07) is 6.10. The summed E-state index contributed by atoms with van der Waals surface area (Å²) in [4.78, 5) is 25.5. The van der Waals surface area contributed by atoms with E-state index >= 15 is 0 Å². The fraction of sp³-hybridized carbons (Fsp3) is 0.385. The molecule has 0 unspecified atom stereocenters. The zero-order chi connectivity index (χ0) is 14.7. The third-order valence-electron chi connectivity index (χ3n) is 3.33. The van der Waals surface area contributed by atoms with Crippen LogP contribution in [0.4, 0.5) is 11.4 Å². The van der Waals surface area contributed by atoms with Gasteiger partial charge in [0.15, 0.2) is 0 Å². The van der Waals surface area contributed by atoms with E-state index in [1.165, 1.54) is 18.2 Å². The highest BCUT2D eigenvalue weighted by atomic mass is 16.6. The molecule has 0 radical (unpaired) electrons. The lowest BCUT2D eigenvalue weighted by molar-refractivity contribution is -0.384. The van der Waals surface area contributed by atoms with E-state index in [0.29, 0.717) is 18.8 Å². The molecule has 0 N–H and O–H groups in total. The van der Waals surface area contributed by atoms with Crippen molar-refractivity contribution in [1.29, 1.82) is 5.26 Å². The molecular formula is C13H14N4O3. The number of benzene rings is 1. The number of non-ortho nitro benzene ring substituents is 1. The third-order valence-corrected chi connectivity index (χ3v) is 3.33. The molecule has 104 valence electrons. The number of carbonyl (C=O) groups excluding carboxylic acids is 1. The van der Waals surface area contributed by atoms with Gasteiger partial charge in [0.2, 0.25) is 5.91 Å². The van der Waals surface area contributed by atoms with Crippen molar-refractivity contribution in [1.82, 2.24) is 4.90 Å². The van der Waals surface area contributed by atoms with Crippen LogP contribution in [0.2, 0.25) is 0 Å². The number of nitriles is 1. The Morgan fingerprint density at radius 3 is 2.80 bits per heavy atom. The van der Waals surface area contributed by atoms with Gasteiger partial charge in [-0.05, 0) is 12.5 Å². The van der Waals surface area contributed by atoms with Crippen molar-refractivity contribution in [2.24, 2.45) is 0 Å². The first kappa shape index (κ1) is 13.8. The maximum absolute atomic E-state index is 11.9. The Morgan fingerprint density at radius 1 is 1.40 bits per heavy atom. The van der Waals surface area contributed by atoms with Crippen LogP contribution in [-0.2, 0) is 4.79 Å². The van der Waals surface area contributed by atoms with Crippen LogP contribution < -0.4 is 4.90 Å². The predicted octanol–water partition coefficient (Wildman–Crippen LogP) is 1.13. The number of rotatable bonds is 2. The normalized spacial score (nSPS) is 15.7. The van der Waals surface area contributed by atoms with Crippen LogP contribution in [0.5, 0.6) is 0 Å². The lowest BCUT2D eigenvalue weighted by Gasteiger charge is -2.22. The van der Waals surface area contributed by atoms with Crippen LogP contribution in [0.1, 0.15) is 12.0 Å². The Hall–Kier alpha value is -2.62. The minimum atomic E-state index is -0.536. The minimum Gasteiger partial charge on any atom is -0.361 e. The van der Waals surface area contributed by atoms with E-state index in [1.807, 2.05) is 6.07 Å². The highest BCUT2D eigenvalue weighted by Gasteiger charge is 2.22. The number of likely N-dealkylation sites (N-methyl/N-ethyl adjacent to an activating group) is 1. The molecule has 0 aliphatic carbocycles. The molecule has 1 fully saturated rings. The number of hydrogen-bond donors (Lipinski definition) is 0. The summed E-state index contributed by atoms with van der Waals surface area (Å²) < 4.78 is 0. The average molecular weight is 274 g/mol. The monoisotopic (exact) mass is 274 g/mol. The number of amides is 1. The first-order valence-corrected chi connectivity index (χ1v) is 6.20. The van der Waals surface area contributed by atoms with Crippen molar-refractivity contribution >= 4 is 17.3 Å². The molecule has 0 aromatic heterocycles. The lowest BCUT2D eigenvalue weighted by Crippen LogP contribution is -2.34. The summed E-state index contributed by atoms with van der Waals surface area (Å²) in [6.07, 6.45) is 0.796. The summed E-state index contributed by atoms with van der Waals surface area (Å²) in [6.45, 7) is 1.50. The maximum Gasteiger partial charge on any atom is 0.270 e. The van der Waals surface area contributed by atoms with Gasteiger partial charge in [-0.25, -0.2) is 0 Å². The van der Waals surface area contributed by atoms with Gasteiger partial charge >= 0.3 is 0 Å². The molecular weight excluding hydrogens is 260 g/mol. The van der Waals surface area contributed by atoms with E-state index in [2.05, 4.69) is 0 Å². The Bertz CT molecular complexity index is 594. The van der Waals surface area contributed by atoms with Gasteiger partial charge in [-0.2, -0.15) is 5.26 Å². The molecule has 1 heterocycles. The number of nitro benzene ring substituents is 1. The summed E-state index contributed by atoms with van der Waals surface area (Å²) in [7, 11) is 1.74. The molecule has 7 heteroatoms. The van der Waals surface area contributed by atoms with Crippen molar-refractivity contribution in [3.8, 4) is 6.07 Å². The van der Waals surface area contributed by atoms with Crippen LogP contribution in [0.25, 0.3) is 0 Å². The molecule has 1 aromatic carbocycles. The van der Waals surface area contributed by atoms with Crippen LogP contribution >= 0.6 is 0 Å². The van der Waals surface area contributed by atoms with E-state index < -0.39 is 4.92 Å². The van der Waals surface area contributed by atoms with E-state index in [-0.39, 0.29) is 23.7 Å². The van der Waals surface area contributed by atoms with Crippen LogP contribution in [0.3, 0.4) is 0 Å². The number of nitrogens with zero attached hydrogens (tertiary/aromatic N) is 4. The predicted molar refractivity (Wildman–Crippen MR) is 72.3 cm³/mol. The quantitative estimate of drug-likeness (QED) is 0.595. The van der Waals surface area contributed by atoms with Crippen molar-refractivity contribution in [3.05, 3.63) is 33.9 Å². The molecule has 0 spiro atoms. The Labute approximate surface area is 116 Å². The van der Waals surface area contributed by atoms with Gasteiger partial charge in [0.25, 0.3) is 5.69 Å². The van der Waals surface area contributed by atoms with Gasteiger partial charge in [0.05, 0.1) is 22.7 Å². The van der Waals surface area contributed by atoms with Gasteiger partial charge in [0, 0.05) is 32.3 Å². The van der Waals surface area contributed by atoms with Gasteiger partial charge < -0.3 is 9.80 Å². The number of hydrogen-bond acceptors (Lipinski definition) is 5. The van der Waals surface area contributed by atoms with Gasteiger partial charge in [-0.1, -0.05) is 0 Å². The second kappa shape index (κ2) is 5.57. The fourth-order valence-corrected chi connectivity index (χ4v) is 2.20. The maximum atomic E-state index is 11.9. The van der Waals surface area contributed by atoms with Crippen LogP contribution in [-0.4, -0.2) is 42.4 Å².